The molecule has 146 valence electrons. The first-order valence-corrected chi connectivity index (χ1v) is 9.67. The molecule has 28 heavy (non-hydrogen) atoms. The maximum absolute atomic E-state index is 13.2. The van der Waals surface area contributed by atoms with E-state index in [1.54, 1.807) is 27.7 Å². The summed E-state index contributed by atoms with van der Waals surface area (Å²) in [6.45, 7) is 10.4. The van der Waals surface area contributed by atoms with Crippen molar-refractivity contribution in [3.8, 4) is 11.1 Å². The fraction of sp³-hybridized carbons (Fsp3) is 0.333. The van der Waals surface area contributed by atoms with Gasteiger partial charge in [-0.05, 0) is 75.9 Å². The lowest BCUT2D eigenvalue weighted by Crippen LogP contribution is -2.48. The monoisotopic (exact) mass is 396 g/mol. The van der Waals surface area contributed by atoms with E-state index in [1.807, 2.05) is 50.2 Å². The number of ketones is 2. The Hall–Kier alpha value is -2.39. The predicted octanol–water partition coefficient (Wildman–Crippen LogP) is 6.10. The van der Waals surface area contributed by atoms with Crippen LogP contribution in [-0.4, -0.2) is 16.7 Å². The Morgan fingerprint density at radius 2 is 1.50 bits per heavy atom. The highest BCUT2D eigenvalue weighted by molar-refractivity contribution is 6.34. The van der Waals surface area contributed by atoms with Crippen molar-refractivity contribution in [2.24, 2.45) is 10.8 Å². The first-order valence-electron chi connectivity index (χ1n) is 9.30. The van der Waals surface area contributed by atoms with E-state index in [9.17, 15) is 14.7 Å². The van der Waals surface area contributed by atoms with Gasteiger partial charge in [-0.3, -0.25) is 9.59 Å². The molecule has 0 fully saturated rings. The van der Waals surface area contributed by atoms with Gasteiger partial charge in [0.25, 0.3) is 0 Å². The van der Waals surface area contributed by atoms with E-state index >= 15 is 0 Å². The summed E-state index contributed by atoms with van der Waals surface area (Å²) in [6.07, 6.45) is 0. The third-order valence-electron chi connectivity index (χ3n) is 5.70. The lowest BCUT2D eigenvalue weighted by atomic mass is 9.62. The minimum atomic E-state index is -1.20. The number of aliphatic hydroxyl groups excluding tert-OH is 1. The van der Waals surface area contributed by atoms with Crippen molar-refractivity contribution in [1.29, 1.82) is 0 Å². The summed E-state index contributed by atoms with van der Waals surface area (Å²) in [4.78, 5) is 26.0. The van der Waals surface area contributed by atoms with Gasteiger partial charge in [0.15, 0.2) is 11.6 Å². The van der Waals surface area contributed by atoms with Crippen molar-refractivity contribution < 1.29 is 14.7 Å². The Morgan fingerprint density at radius 1 is 0.857 bits per heavy atom. The van der Waals surface area contributed by atoms with Gasteiger partial charge in [0.2, 0.25) is 0 Å². The minimum Gasteiger partial charge on any atom is -0.510 e. The van der Waals surface area contributed by atoms with Gasteiger partial charge in [0.05, 0.1) is 16.4 Å². The average Bonchev–Trinajstić information content (AvgIpc) is 2.61. The van der Waals surface area contributed by atoms with Gasteiger partial charge in [-0.2, -0.15) is 0 Å². The highest BCUT2D eigenvalue weighted by Gasteiger charge is 2.53. The van der Waals surface area contributed by atoms with Crippen LogP contribution in [0.3, 0.4) is 0 Å². The molecule has 1 aliphatic carbocycles. The molecule has 2 aromatic carbocycles. The second-order valence-corrected chi connectivity index (χ2v) is 9.05. The van der Waals surface area contributed by atoms with Crippen molar-refractivity contribution in [3.63, 3.8) is 0 Å². The maximum atomic E-state index is 13.2. The highest BCUT2D eigenvalue weighted by atomic mass is 35.5. The number of halogens is 1. The van der Waals surface area contributed by atoms with Crippen molar-refractivity contribution in [3.05, 3.63) is 63.9 Å². The second-order valence-electron chi connectivity index (χ2n) is 8.64. The van der Waals surface area contributed by atoms with E-state index in [-0.39, 0.29) is 22.9 Å². The van der Waals surface area contributed by atoms with Gasteiger partial charge >= 0.3 is 0 Å². The van der Waals surface area contributed by atoms with Crippen LogP contribution in [0, 0.1) is 24.7 Å². The van der Waals surface area contributed by atoms with Crippen LogP contribution in [0.25, 0.3) is 16.7 Å². The average molecular weight is 397 g/mol. The van der Waals surface area contributed by atoms with Gasteiger partial charge in [0.1, 0.15) is 5.76 Å². The van der Waals surface area contributed by atoms with Crippen LogP contribution in [0.1, 0.15) is 44.4 Å². The summed E-state index contributed by atoms with van der Waals surface area (Å²) in [5.74, 6) is -0.803. The summed E-state index contributed by atoms with van der Waals surface area (Å²) in [5, 5.41) is 11.5. The number of aryl methyl sites for hydroxylation is 2. The largest absolute Gasteiger partial charge is 0.510 e. The smallest absolute Gasteiger partial charge is 0.179 e. The summed E-state index contributed by atoms with van der Waals surface area (Å²) in [7, 11) is 0. The Kier molecular flexibility index (Phi) is 4.79. The number of hydrogen-bond donors (Lipinski definition) is 1. The van der Waals surface area contributed by atoms with E-state index in [2.05, 4.69) is 0 Å². The normalized spacial score (nSPS) is 18.5. The minimum absolute atomic E-state index is 0.169. The third-order valence-corrected chi connectivity index (χ3v) is 6.01. The molecular weight excluding hydrogens is 372 g/mol. The fourth-order valence-electron chi connectivity index (χ4n) is 3.89. The van der Waals surface area contributed by atoms with Crippen LogP contribution in [-0.2, 0) is 9.59 Å². The van der Waals surface area contributed by atoms with E-state index in [0.29, 0.717) is 10.6 Å². The fourth-order valence-corrected chi connectivity index (χ4v) is 4.23. The Bertz CT molecular complexity index is 1040. The topological polar surface area (TPSA) is 54.4 Å². The van der Waals surface area contributed by atoms with Crippen LogP contribution in [0.15, 0.2) is 42.2 Å². The van der Waals surface area contributed by atoms with E-state index in [0.717, 1.165) is 22.3 Å². The standard InChI is InChI=1S/C24H25ClO3/c1-13-7-10-16(18(25)11-13)15-9-8-14(2)17(12-15)19-20(26)23(3,4)22(28)24(5,6)21(19)27/h7-12,26H,1-6H3. The number of hydrogen-bond acceptors (Lipinski definition) is 3. The van der Waals surface area contributed by atoms with Crippen molar-refractivity contribution >= 4 is 28.7 Å². The molecule has 0 unspecified atom stereocenters. The molecule has 0 aliphatic heterocycles. The first kappa shape index (κ1) is 20.3. The number of carbonyl (C=O) groups is 2. The number of Topliss-reactive ketones (excluding diaryl/α,β-unsaturated/α-hetero) is 2. The molecule has 0 saturated heterocycles. The first-order chi connectivity index (χ1) is 12.9. The van der Waals surface area contributed by atoms with E-state index in [1.165, 1.54) is 0 Å². The molecule has 0 spiro atoms. The molecule has 1 N–H and O–H groups in total. The van der Waals surface area contributed by atoms with E-state index in [4.69, 9.17) is 11.6 Å². The zero-order chi connectivity index (χ0) is 21.0. The number of rotatable bonds is 2. The second kappa shape index (κ2) is 6.59. The number of carbonyl (C=O) groups excluding carboxylic acids is 2. The Labute approximate surface area is 171 Å². The lowest BCUT2D eigenvalue weighted by Gasteiger charge is -2.38. The summed E-state index contributed by atoms with van der Waals surface area (Å²) < 4.78 is 0. The zero-order valence-electron chi connectivity index (χ0n) is 17.1. The summed E-state index contributed by atoms with van der Waals surface area (Å²) in [5.41, 5.74) is 2.14. The SMILES string of the molecule is Cc1ccc(-c2ccc(C)c(C3=C(O)C(C)(C)C(=O)C(C)(C)C3=O)c2)c(Cl)c1. The van der Waals surface area contributed by atoms with Gasteiger partial charge in [-0.1, -0.05) is 35.9 Å². The summed E-state index contributed by atoms with van der Waals surface area (Å²) in [6, 6.07) is 11.5. The molecule has 0 radical (unpaired) electrons. The molecule has 3 nitrogen and oxygen atoms in total. The molecule has 0 heterocycles. The predicted molar refractivity (Wildman–Crippen MR) is 113 cm³/mol. The van der Waals surface area contributed by atoms with Crippen molar-refractivity contribution in [1.82, 2.24) is 0 Å². The molecule has 2 aromatic rings. The molecular formula is C24H25ClO3. The molecule has 1 aliphatic rings. The van der Waals surface area contributed by atoms with Crippen molar-refractivity contribution in [2.45, 2.75) is 41.5 Å². The maximum Gasteiger partial charge on any atom is 0.179 e. The van der Waals surface area contributed by atoms with Gasteiger partial charge in [-0.15, -0.1) is 0 Å². The van der Waals surface area contributed by atoms with E-state index < -0.39 is 10.8 Å². The van der Waals surface area contributed by atoms with Gasteiger partial charge in [0, 0.05) is 10.6 Å². The van der Waals surface area contributed by atoms with Crippen LogP contribution >= 0.6 is 11.6 Å². The van der Waals surface area contributed by atoms with Crippen molar-refractivity contribution in [2.75, 3.05) is 0 Å². The van der Waals surface area contributed by atoms with Crippen LogP contribution < -0.4 is 0 Å². The quantitative estimate of drug-likeness (QED) is 0.624. The molecule has 0 aromatic heterocycles. The highest BCUT2D eigenvalue weighted by Crippen LogP contribution is 2.47. The Morgan fingerprint density at radius 3 is 2.11 bits per heavy atom. The van der Waals surface area contributed by atoms with Crippen LogP contribution in [0.4, 0.5) is 0 Å². The third kappa shape index (κ3) is 2.98. The van der Waals surface area contributed by atoms with Crippen LogP contribution in [0.5, 0.6) is 0 Å². The van der Waals surface area contributed by atoms with Gasteiger partial charge in [-0.25, -0.2) is 0 Å². The van der Waals surface area contributed by atoms with Crippen LogP contribution in [0.2, 0.25) is 5.02 Å². The van der Waals surface area contributed by atoms with Gasteiger partial charge < -0.3 is 5.11 Å². The number of benzene rings is 2. The summed E-state index contributed by atoms with van der Waals surface area (Å²) >= 11 is 6.44. The molecule has 3 rings (SSSR count). The molecule has 4 heteroatoms. The Balaban J connectivity index is 2.27. The lowest BCUT2D eigenvalue weighted by molar-refractivity contribution is -0.143. The number of aliphatic hydroxyl groups is 1. The zero-order valence-corrected chi connectivity index (χ0v) is 17.9. The molecule has 0 saturated carbocycles. The molecule has 0 bridgehead atoms. The molecule has 0 atom stereocenters. The number of allylic oxidation sites excluding steroid dienone is 2. The molecule has 0 amide bonds.